The first-order chi connectivity index (χ1) is 6.33. The normalized spacial score (nSPS) is 43.1. The van der Waals surface area contributed by atoms with Crippen LogP contribution in [-0.4, -0.2) is 31.9 Å². The molecular formula is C12H22BNY-2. The zero-order valence-corrected chi connectivity index (χ0v) is 13.4. The fourth-order valence-electron chi connectivity index (χ4n) is 2.60. The third kappa shape index (κ3) is 3.07. The van der Waals surface area contributed by atoms with Gasteiger partial charge in [0.25, 0.3) is 0 Å². The smallest absolute Gasteiger partial charge is 0.0697 e. The molecule has 1 nitrogen and oxygen atoms in total. The van der Waals surface area contributed by atoms with Crippen LogP contribution >= 0.6 is 0 Å². The van der Waals surface area contributed by atoms with Crippen molar-refractivity contribution in [3.8, 4) is 0 Å². The molecule has 0 bridgehead atoms. The van der Waals surface area contributed by atoms with Gasteiger partial charge >= 0.3 is 0 Å². The number of hydrogen-bond acceptors (Lipinski definition) is 1. The molecular weight excluding hydrogens is 258 g/mol. The van der Waals surface area contributed by atoms with E-state index in [1.807, 2.05) is 0 Å². The molecule has 1 fully saturated rings. The standard InChI is InChI=1S/C12H22BN.Y/c1-6-12(4)11(3,13)9-10(2)7-8-14(12)5;/h6,10H,4,7-9H2,1-3,5H3;/q-2;. The molecule has 3 heteroatoms. The fraction of sp³-hybridized carbons (Fsp3) is 0.833. The summed E-state index contributed by atoms with van der Waals surface area (Å²) in [7, 11) is 8.53. The van der Waals surface area contributed by atoms with Gasteiger partial charge in [-0.2, -0.15) is 6.92 Å². The van der Waals surface area contributed by atoms with Crippen LogP contribution in [0.15, 0.2) is 0 Å². The second-order valence-corrected chi connectivity index (χ2v) is 5.15. The van der Waals surface area contributed by atoms with Gasteiger partial charge in [-0.1, -0.05) is 20.3 Å². The van der Waals surface area contributed by atoms with Crippen LogP contribution in [0.2, 0.25) is 5.31 Å². The Morgan fingerprint density at radius 3 is 2.53 bits per heavy atom. The van der Waals surface area contributed by atoms with Crippen LogP contribution in [0.3, 0.4) is 0 Å². The van der Waals surface area contributed by atoms with Gasteiger partial charge in [0.1, 0.15) is 0 Å². The van der Waals surface area contributed by atoms with Crippen molar-refractivity contribution >= 4 is 7.85 Å². The number of hydrogen-bond donors (Lipinski definition) is 0. The Morgan fingerprint density at radius 1 is 1.53 bits per heavy atom. The summed E-state index contributed by atoms with van der Waals surface area (Å²) < 4.78 is 0. The van der Waals surface area contributed by atoms with Gasteiger partial charge in [-0.15, -0.1) is 5.31 Å². The van der Waals surface area contributed by atoms with Gasteiger partial charge in [0, 0.05) is 32.7 Å². The molecule has 3 atom stereocenters. The Hall–Kier alpha value is 1.13. The minimum atomic E-state index is -0.230. The molecule has 1 saturated heterocycles. The van der Waals surface area contributed by atoms with Gasteiger partial charge in [-0.25, -0.2) is 5.54 Å². The van der Waals surface area contributed by atoms with Crippen molar-refractivity contribution in [1.29, 1.82) is 0 Å². The first-order valence-electron chi connectivity index (χ1n) is 5.49. The summed E-state index contributed by atoms with van der Waals surface area (Å²) in [6.07, 6.45) is 4.41. The van der Waals surface area contributed by atoms with Crippen LogP contribution in [0.1, 0.15) is 33.6 Å². The maximum absolute atomic E-state index is 6.41. The quantitative estimate of drug-likeness (QED) is 0.527. The summed E-state index contributed by atoms with van der Waals surface area (Å²) in [5, 5.41) is -0.230. The number of nitrogens with zero attached hydrogens (tertiary/aromatic N) is 1. The maximum Gasteiger partial charge on any atom is 0.0697 e. The Morgan fingerprint density at radius 2 is 2.07 bits per heavy atom. The van der Waals surface area contributed by atoms with E-state index in [4.69, 9.17) is 7.85 Å². The van der Waals surface area contributed by atoms with E-state index >= 15 is 0 Å². The molecule has 15 heavy (non-hydrogen) atoms. The van der Waals surface area contributed by atoms with E-state index in [1.54, 1.807) is 0 Å². The average Bonchev–Trinajstić information content (AvgIpc) is 2.17. The Balaban J connectivity index is 0.00000196. The SMILES string of the molecule is [B]C1(C)CC(C)CCN(C)C1([CH2-])[CH-]C.[Y]. The van der Waals surface area contributed by atoms with Crippen LogP contribution in [0.4, 0.5) is 0 Å². The molecule has 3 radical (unpaired) electrons. The Labute approximate surface area is 122 Å². The molecule has 1 rings (SSSR count). The van der Waals surface area contributed by atoms with Crippen molar-refractivity contribution in [3.63, 3.8) is 0 Å². The molecule has 1 aliphatic heterocycles. The predicted molar refractivity (Wildman–Crippen MR) is 63.2 cm³/mol. The van der Waals surface area contributed by atoms with Crippen molar-refractivity contribution in [2.24, 2.45) is 5.92 Å². The van der Waals surface area contributed by atoms with E-state index in [-0.39, 0.29) is 43.6 Å². The van der Waals surface area contributed by atoms with Crippen molar-refractivity contribution in [3.05, 3.63) is 13.3 Å². The Kier molecular flexibility index (Phi) is 6.07. The molecule has 3 unspecified atom stereocenters. The zero-order chi connectivity index (χ0) is 11.0. The fourth-order valence-corrected chi connectivity index (χ4v) is 2.60. The minimum absolute atomic E-state index is 0. The van der Waals surface area contributed by atoms with E-state index in [1.165, 1.54) is 6.42 Å². The molecule has 0 spiro atoms. The third-order valence-corrected chi connectivity index (χ3v) is 3.88. The summed E-state index contributed by atoms with van der Waals surface area (Å²) in [6.45, 7) is 11.9. The molecule has 0 N–H and O–H groups in total. The van der Waals surface area contributed by atoms with Gasteiger partial charge in [0.05, 0.1) is 7.85 Å². The largest absolute Gasteiger partial charge is 0.358 e. The van der Waals surface area contributed by atoms with E-state index in [0.717, 1.165) is 13.0 Å². The van der Waals surface area contributed by atoms with E-state index in [9.17, 15) is 0 Å². The molecule has 0 aromatic heterocycles. The molecule has 1 aliphatic rings. The first kappa shape index (κ1) is 16.1. The topological polar surface area (TPSA) is 3.24 Å². The van der Waals surface area contributed by atoms with E-state index in [0.29, 0.717) is 5.92 Å². The third-order valence-electron chi connectivity index (χ3n) is 3.88. The van der Waals surface area contributed by atoms with Crippen LogP contribution in [-0.2, 0) is 32.7 Å². The molecule has 0 aliphatic carbocycles. The average molecular weight is 280 g/mol. The van der Waals surface area contributed by atoms with Crippen molar-refractivity contribution < 1.29 is 32.7 Å². The van der Waals surface area contributed by atoms with Gasteiger partial charge in [-0.05, 0) is 25.9 Å². The minimum Gasteiger partial charge on any atom is -0.358 e. The monoisotopic (exact) mass is 280 g/mol. The zero-order valence-electron chi connectivity index (χ0n) is 10.6. The van der Waals surface area contributed by atoms with Crippen LogP contribution in [0.25, 0.3) is 0 Å². The number of likely N-dealkylation sites (tertiary alicyclic amines) is 1. The second-order valence-electron chi connectivity index (χ2n) is 5.15. The number of rotatable bonds is 1. The summed E-state index contributed by atoms with van der Waals surface area (Å²) in [6, 6.07) is 0. The van der Waals surface area contributed by atoms with Crippen molar-refractivity contribution in [1.82, 2.24) is 4.90 Å². The molecule has 0 aromatic rings. The molecule has 83 valence electrons. The van der Waals surface area contributed by atoms with Gasteiger partial charge in [0.15, 0.2) is 0 Å². The van der Waals surface area contributed by atoms with Gasteiger partial charge < -0.3 is 18.2 Å². The van der Waals surface area contributed by atoms with Gasteiger partial charge in [0.2, 0.25) is 0 Å². The van der Waals surface area contributed by atoms with Crippen molar-refractivity contribution in [2.45, 2.75) is 44.5 Å². The van der Waals surface area contributed by atoms with Gasteiger partial charge in [-0.3, -0.25) is 0 Å². The van der Waals surface area contributed by atoms with E-state index < -0.39 is 0 Å². The summed E-state index contributed by atoms with van der Waals surface area (Å²) >= 11 is 0. The van der Waals surface area contributed by atoms with E-state index in [2.05, 4.69) is 46.1 Å². The predicted octanol–water partition coefficient (Wildman–Crippen LogP) is 2.49. The summed E-state index contributed by atoms with van der Waals surface area (Å²) in [4.78, 5) is 2.29. The summed E-state index contributed by atoms with van der Waals surface area (Å²) in [5.41, 5.74) is -0.224. The van der Waals surface area contributed by atoms with Crippen LogP contribution < -0.4 is 0 Å². The molecule has 0 aromatic carbocycles. The second kappa shape index (κ2) is 5.65. The first-order valence-corrected chi connectivity index (χ1v) is 5.49. The van der Waals surface area contributed by atoms with Crippen molar-refractivity contribution in [2.75, 3.05) is 13.6 Å². The maximum atomic E-state index is 6.41. The molecule has 0 saturated carbocycles. The summed E-state index contributed by atoms with van der Waals surface area (Å²) in [5.74, 6) is 0.691. The molecule has 1 heterocycles. The Bertz CT molecular complexity index is 208. The van der Waals surface area contributed by atoms with Crippen LogP contribution in [0.5, 0.6) is 0 Å². The molecule has 0 amide bonds. The van der Waals surface area contributed by atoms with Crippen LogP contribution in [0, 0.1) is 19.3 Å².